The predicted octanol–water partition coefficient (Wildman–Crippen LogP) is 2.57. The van der Waals surface area contributed by atoms with E-state index in [0.29, 0.717) is 0 Å². The molecule has 4 nitrogen and oxygen atoms in total. The first kappa shape index (κ1) is 12.6. The van der Waals surface area contributed by atoms with Crippen LogP contribution >= 0.6 is 0 Å². The quantitative estimate of drug-likeness (QED) is 0.641. The SMILES string of the molecule is c1c[nH]cn1.c1ccncc1.c1ccncc1. The maximum Gasteiger partial charge on any atom is 0.0919 e. The number of hydrogen-bond acceptors (Lipinski definition) is 3. The minimum atomic E-state index is 1.62. The Morgan fingerprint density at radius 1 is 0.529 bits per heavy atom. The van der Waals surface area contributed by atoms with E-state index in [1.165, 1.54) is 0 Å². The summed E-state index contributed by atoms with van der Waals surface area (Å²) in [6.45, 7) is 0. The number of hydrogen-bond donors (Lipinski definition) is 1. The Labute approximate surface area is 100 Å². The van der Waals surface area contributed by atoms with Gasteiger partial charge in [-0.15, -0.1) is 0 Å². The van der Waals surface area contributed by atoms with Crippen molar-refractivity contribution in [3.05, 3.63) is 79.9 Å². The van der Waals surface area contributed by atoms with E-state index in [4.69, 9.17) is 0 Å². The van der Waals surface area contributed by atoms with Crippen molar-refractivity contribution in [3.8, 4) is 0 Å². The number of nitrogens with one attached hydrogen (secondary N) is 1. The van der Waals surface area contributed by atoms with Crippen LogP contribution in [-0.4, -0.2) is 19.9 Å². The van der Waals surface area contributed by atoms with Crippen molar-refractivity contribution in [2.75, 3.05) is 0 Å². The first-order valence-corrected chi connectivity index (χ1v) is 5.13. The van der Waals surface area contributed by atoms with Gasteiger partial charge in [-0.05, 0) is 24.3 Å². The van der Waals surface area contributed by atoms with E-state index in [-0.39, 0.29) is 0 Å². The molecule has 0 radical (unpaired) electrons. The highest BCUT2D eigenvalue weighted by Gasteiger charge is 1.59. The van der Waals surface area contributed by atoms with E-state index in [1.807, 2.05) is 36.4 Å². The number of imidazole rings is 1. The van der Waals surface area contributed by atoms with Gasteiger partial charge in [0.2, 0.25) is 0 Å². The fourth-order valence-corrected chi connectivity index (χ4v) is 0.840. The van der Waals surface area contributed by atoms with E-state index in [9.17, 15) is 0 Å². The Balaban J connectivity index is 0.000000128. The van der Waals surface area contributed by atoms with Gasteiger partial charge in [-0.2, -0.15) is 0 Å². The summed E-state index contributed by atoms with van der Waals surface area (Å²) in [5, 5.41) is 0. The van der Waals surface area contributed by atoms with Crippen molar-refractivity contribution < 1.29 is 0 Å². The number of H-pyrrole nitrogens is 1. The maximum atomic E-state index is 3.78. The molecule has 17 heavy (non-hydrogen) atoms. The molecule has 3 aromatic rings. The molecule has 0 aliphatic rings. The molecule has 0 unspecified atom stereocenters. The van der Waals surface area contributed by atoms with Crippen molar-refractivity contribution in [1.82, 2.24) is 19.9 Å². The molecule has 3 heterocycles. The van der Waals surface area contributed by atoms with E-state index in [2.05, 4.69) is 19.9 Å². The molecule has 3 aromatic heterocycles. The molecule has 0 bridgehead atoms. The van der Waals surface area contributed by atoms with E-state index in [0.717, 1.165) is 0 Å². The molecule has 0 spiro atoms. The molecule has 0 atom stereocenters. The number of aromatic amines is 1. The van der Waals surface area contributed by atoms with Crippen LogP contribution in [0.15, 0.2) is 79.9 Å². The van der Waals surface area contributed by atoms with Crippen molar-refractivity contribution in [2.45, 2.75) is 0 Å². The molecule has 86 valence electrons. The van der Waals surface area contributed by atoms with Crippen LogP contribution in [0.3, 0.4) is 0 Å². The standard InChI is InChI=1S/2C5H5N.C3H4N2/c2*1-2-4-6-5-3-1;1-2-5-3-4-1/h2*1-5H;1-3H,(H,4,5). The third-order valence-electron chi connectivity index (χ3n) is 1.54. The summed E-state index contributed by atoms with van der Waals surface area (Å²) < 4.78 is 0. The molecule has 0 fully saturated rings. The fraction of sp³-hybridized carbons (Fsp3) is 0. The Hall–Kier alpha value is -2.49. The summed E-state index contributed by atoms with van der Waals surface area (Å²) in [6.07, 6.45) is 12.1. The summed E-state index contributed by atoms with van der Waals surface area (Å²) in [5.41, 5.74) is 0. The number of nitrogens with zero attached hydrogens (tertiary/aromatic N) is 3. The van der Waals surface area contributed by atoms with Crippen molar-refractivity contribution >= 4 is 0 Å². The van der Waals surface area contributed by atoms with Crippen LogP contribution in [0.1, 0.15) is 0 Å². The normalized spacial score (nSPS) is 8.00. The van der Waals surface area contributed by atoms with Crippen LogP contribution in [0.25, 0.3) is 0 Å². The molecular weight excluding hydrogens is 212 g/mol. The van der Waals surface area contributed by atoms with Crippen LogP contribution in [0.4, 0.5) is 0 Å². The van der Waals surface area contributed by atoms with Crippen LogP contribution in [0.2, 0.25) is 0 Å². The molecular formula is C13H14N4. The van der Waals surface area contributed by atoms with Crippen LogP contribution in [0.5, 0.6) is 0 Å². The lowest BCUT2D eigenvalue weighted by atomic mass is 10.5. The second-order valence-electron chi connectivity index (χ2n) is 2.81. The highest BCUT2D eigenvalue weighted by Crippen LogP contribution is 1.74. The van der Waals surface area contributed by atoms with E-state index < -0.39 is 0 Å². The fourth-order valence-electron chi connectivity index (χ4n) is 0.840. The topological polar surface area (TPSA) is 54.5 Å². The minimum absolute atomic E-state index is 1.62. The summed E-state index contributed by atoms with van der Waals surface area (Å²) in [4.78, 5) is 14.0. The van der Waals surface area contributed by atoms with Crippen molar-refractivity contribution in [3.63, 3.8) is 0 Å². The van der Waals surface area contributed by atoms with Gasteiger partial charge in [0.25, 0.3) is 0 Å². The molecule has 1 N–H and O–H groups in total. The Morgan fingerprint density at radius 2 is 1.06 bits per heavy atom. The van der Waals surface area contributed by atoms with Gasteiger partial charge in [0.05, 0.1) is 6.33 Å². The second kappa shape index (κ2) is 10.0. The number of rotatable bonds is 0. The third kappa shape index (κ3) is 8.50. The van der Waals surface area contributed by atoms with Gasteiger partial charge in [-0.25, -0.2) is 4.98 Å². The molecule has 0 amide bonds. The highest BCUT2D eigenvalue weighted by molar-refractivity contribution is 4.88. The molecule has 4 heteroatoms. The molecule has 0 saturated heterocycles. The van der Waals surface area contributed by atoms with Crippen LogP contribution in [0, 0.1) is 0 Å². The maximum absolute atomic E-state index is 3.78. The predicted molar refractivity (Wildman–Crippen MR) is 67.1 cm³/mol. The molecule has 0 aromatic carbocycles. The largest absolute Gasteiger partial charge is 0.351 e. The number of aromatic nitrogens is 4. The van der Waals surface area contributed by atoms with Gasteiger partial charge in [0, 0.05) is 37.2 Å². The molecule has 3 rings (SSSR count). The Morgan fingerprint density at radius 3 is 1.18 bits per heavy atom. The highest BCUT2D eigenvalue weighted by atomic mass is 14.8. The zero-order valence-electron chi connectivity index (χ0n) is 9.35. The molecule has 0 aliphatic heterocycles. The Kier molecular flexibility index (Phi) is 7.43. The van der Waals surface area contributed by atoms with Crippen LogP contribution in [-0.2, 0) is 0 Å². The summed E-state index contributed by atoms with van der Waals surface area (Å²) in [5.74, 6) is 0. The summed E-state index contributed by atoms with van der Waals surface area (Å²) in [6, 6.07) is 11.4. The van der Waals surface area contributed by atoms with E-state index >= 15 is 0 Å². The van der Waals surface area contributed by atoms with Crippen LogP contribution < -0.4 is 0 Å². The zero-order chi connectivity index (χ0) is 12.0. The zero-order valence-corrected chi connectivity index (χ0v) is 9.35. The summed E-state index contributed by atoms with van der Waals surface area (Å²) >= 11 is 0. The smallest absolute Gasteiger partial charge is 0.0919 e. The average molecular weight is 226 g/mol. The minimum Gasteiger partial charge on any atom is -0.351 e. The van der Waals surface area contributed by atoms with Crippen molar-refractivity contribution in [1.29, 1.82) is 0 Å². The second-order valence-corrected chi connectivity index (χ2v) is 2.81. The van der Waals surface area contributed by atoms with Gasteiger partial charge in [-0.3, -0.25) is 9.97 Å². The van der Waals surface area contributed by atoms with Crippen molar-refractivity contribution in [2.24, 2.45) is 0 Å². The monoisotopic (exact) mass is 226 g/mol. The lowest BCUT2D eigenvalue weighted by Crippen LogP contribution is -1.58. The van der Waals surface area contributed by atoms with Gasteiger partial charge < -0.3 is 4.98 Å². The van der Waals surface area contributed by atoms with Gasteiger partial charge in [0.15, 0.2) is 0 Å². The number of pyridine rings is 2. The van der Waals surface area contributed by atoms with Gasteiger partial charge in [0.1, 0.15) is 0 Å². The Bertz CT molecular complexity index is 323. The lowest BCUT2D eigenvalue weighted by Gasteiger charge is -1.70. The average Bonchev–Trinajstić information content (AvgIpc) is 3.03. The van der Waals surface area contributed by atoms with Gasteiger partial charge in [-0.1, -0.05) is 12.1 Å². The molecule has 0 saturated carbocycles. The van der Waals surface area contributed by atoms with Gasteiger partial charge >= 0.3 is 0 Å². The third-order valence-corrected chi connectivity index (χ3v) is 1.54. The van der Waals surface area contributed by atoms with E-state index in [1.54, 1.807) is 43.5 Å². The lowest BCUT2D eigenvalue weighted by molar-refractivity contribution is 1.31. The first-order valence-electron chi connectivity index (χ1n) is 5.13. The first-order chi connectivity index (χ1) is 8.50. The summed E-state index contributed by atoms with van der Waals surface area (Å²) in [7, 11) is 0. The molecule has 0 aliphatic carbocycles.